The number of hydrogen-bond acceptors (Lipinski definition) is 3. The number of ether oxygens (including phenoxy) is 1. The maximum atomic E-state index is 13.9. The van der Waals surface area contributed by atoms with E-state index in [0.717, 1.165) is 0 Å². The quantitative estimate of drug-likeness (QED) is 0.898. The Balaban J connectivity index is 2.80. The van der Waals surface area contributed by atoms with Gasteiger partial charge >= 0.3 is 6.09 Å². The van der Waals surface area contributed by atoms with Gasteiger partial charge in [0.05, 0.1) is 0 Å². The number of carbonyl (C=O) groups is 1. The highest BCUT2D eigenvalue weighted by molar-refractivity contribution is 5.68. The summed E-state index contributed by atoms with van der Waals surface area (Å²) in [7, 11) is 0. The summed E-state index contributed by atoms with van der Waals surface area (Å²) in [5.74, 6) is -1.26. The third kappa shape index (κ3) is 5.30. The number of hydrogen-bond donors (Lipinski definition) is 2. The Morgan fingerprint density at radius 2 is 2.00 bits per heavy atom. The second-order valence-corrected chi connectivity index (χ2v) is 5.94. The van der Waals surface area contributed by atoms with E-state index in [4.69, 9.17) is 10.5 Å². The summed E-state index contributed by atoms with van der Waals surface area (Å²) in [4.78, 5) is 11.7. The van der Waals surface area contributed by atoms with Crippen LogP contribution < -0.4 is 11.1 Å². The first kappa shape index (κ1) is 17.4. The molecule has 1 aromatic carbocycles. The van der Waals surface area contributed by atoms with Gasteiger partial charge in [0.15, 0.2) is 0 Å². The van der Waals surface area contributed by atoms with Crippen molar-refractivity contribution < 1.29 is 18.3 Å². The normalized spacial score (nSPS) is 12.9. The molecule has 0 fully saturated rings. The topological polar surface area (TPSA) is 64.3 Å². The van der Waals surface area contributed by atoms with Crippen molar-refractivity contribution in [3.8, 4) is 0 Å². The summed E-state index contributed by atoms with van der Waals surface area (Å²) in [6.45, 7) is 6.78. The first-order valence-corrected chi connectivity index (χ1v) is 6.77. The highest BCUT2D eigenvalue weighted by atomic mass is 19.1. The lowest BCUT2D eigenvalue weighted by Crippen LogP contribution is -2.44. The van der Waals surface area contributed by atoms with Crippen LogP contribution in [0.25, 0.3) is 0 Å². The molecular formula is C15H22F2N2O2. The van der Waals surface area contributed by atoms with Crippen molar-refractivity contribution >= 4 is 6.09 Å². The molecule has 0 spiro atoms. The number of carbonyl (C=O) groups excluding carboxylic acids is 1. The van der Waals surface area contributed by atoms with E-state index in [1.54, 1.807) is 27.7 Å². The van der Waals surface area contributed by atoms with E-state index < -0.39 is 29.4 Å². The van der Waals surface area contributed by atoms with E-state index in [0.29, 0.717) is 5.56 Å². The van der Waals surface area contributed by atoms with Gasteiger partial charge in [-0.05, 0) is 45.7 Å². The van der Waals surface area contributed by atoms with Crippen LogP contribution in [0, 0.1) is 18.6 Å². The number of rotatable bonds is 4. The molecule has 4 nitrogen and oxygen atoms in total. The fraction of sp³-hybridized carbons (Fsp3) is 0.533. The van der Waals surface area contributed by atoms with Gasteiger partial charge in [0.1, 0.15) is 17.2 Å². The molecule has 1 atom stereocenters. The molecule has 0 saturated heterocycles. The van der Waals surface area contributed by atoms with Gasteiger partial charge in [0.25, 0.3) is 0 Å². The molecule has 118 valence electrons. The Hall–Kier alpha value is -1.69. The number of alkyl carbamates (subject to hydrolysis) is 1. The molecule has 0 heterocycles. The fourth-order valence-electron chi connectivity index (χ4n) is 1.82. The molecule has 0 saturated carbocycles. The van der Waals surface area contributed by atoms with E-state index in [-0.39, 0.29) is 18.5 Å². The van der Waals surface area contributed by atoms with E-state index in [2.05, 4.69) is 5.32 Å². The van der Waals surface area contributed by atoms with Crippen molar-refractivity contribution in [3.63, 3.8) is 0 Å². The summed E-state index contributed by atoms with van der Waals surface area (Å²) in [6, 6.07) is 1.97. The smallest absolute Gasteiger partial charge is 0.407 e. The summed E-state index contributed by atoms with van der Waals surface area (Å²) < 4.78 is 32.8. The lowest BCUT2D eigenvalue weighted by molar-refractivity contribution is 0.0505. The lowest BCUT2D eigenvalue weighted by Gasteiger charge is -2.23. The number of halogens is 2. The molecule has 1 aromatic rings. The van der Waals surface area contributed by atoms with Crippen molar-refractivity contribution in [2.75, 3.05) is 6.54 Å². The number of nitrogens with one attached hydrogen (secondary N) is 1. The second kappa shape index (κ2) is 6.85. The van der Waals surface area contributed by atoms with Gasteiger partial charge in [-0.25, -0.2) is 13.6 Å². The molecule has 0 aliphatic carbocycles. The van der Waals surface area contributed by atoms with Gasteiger partial charge in [-0.1, -0.05) is 6.07 Å². The van der Waals surface area contributed by atoms with Crippen molar-refractivity contribution in [1.82, 2.24) is 5.32 Å². The van der Waals surface area contributed by atoms with Crippen LogP contribution in [0.3, 0.4) is 0 Å². The number of nitrogens with two attached hydrogens (primary N) is 1. The highest BCUT2D eigenvalue weighted by Crippen LogP contribution is 2.18. The molecule has 0 aromatic heterocycles. The zero-order valence-electron chi connectivity index (χ0n) is 12.8. The van der Waals surface area contributed by atoms with E-state index in [1.807, 2.05) is 0 Å². The first-order valence-electron chi connectivity index (χ1n) is 6.77. The van der Waals surface area contributed by atoms with Crippen molar-refractivity contribution in [2.24, 2.45) is 5.73 Å². The van der Waals surface area contributed by atoms with Gasteiger partial charge < -0.3 is 15.8 Å². The molecule has 1 unspecified atom stereocenters. The van der Waals surface area contributed by atoms with E-state index >= 15 is 0 Å². The predicted octanol–water partition coefficient (Wildman–Crippen LogP) is 2.67. The summed E-state index contributed by atoms with van der Waals surface area (Å²) in [6.07, 6.45) is -0.693. The Morgan fingerprint density at radius 1 is 1.38 bits per heavy atom. The molecular weight excluding hydrogens is 278 g/mol. The minimum absolute atomic E-state index is 0.0326. The lowest BCUT2D eigenvalue weighted by atomic mass is 10.0. The number of amides is 1. The second-order valence-electron chi connectivity index (χ2n) is 5.94. The number of aryl methyl sites for hydroxylation is 1. The molecule has 0 aliphatic rings. The van der Waals surface area contributed by atoms with Crippen LogP contribution >= 0.6 is 0 Å². The van der Waals surface area contributed by atoms with Crippen LogP contribution in [-0.2, 0) is 11.2 Å². The Morgan fingerprint density at radius 3 is 2.52 bits per heavy atom. The summed E-state index contributed by atoms with van der Waals surface area (Å²) >= 11 is 0. The zero-order valence-corrected chi connectivity index (χ0v) is 12.8. The average Bonchev–Trinajstić information content (AvgIpc) is 2.35. The van der Waals surface area contributed by atoms with Crippen molar-refractivity contribution in [2.45, 2.75) is 45.8 Å². The Kier molecular flexibility index (Phi) is 5.66. The molecule has 6 heteroatoms. The Bertz CT molecular complexity index is 513. The SMILES string of the molecule is Cc1ccc(F)c(CC(CN)NC(=O)OC(C)(C)C)c1F. The fourth-order valence-corrected chi connectivity index (χ4v) is 1.82. The minimum Gasteiger partial charge on any atom is -0.444 e. The summed E-state index contributed by atoms with van der Waals surface area (Å²) in [5.41, 5.74) is 5.17. The maximum absolute atomic E-state index is 13.9. The maximum Gasteiger partial charge on any atom is 0.407 e. The zero-order chi connectivity index (χ0) is 16.2. The largest absolute Gasteiger partial charge is 0.444 e. The van der Waals surface area contributed by atoms with Gasteiger partial charge in [0, 0.05) is 18.2 Å². The standard InChI is InChI=1S/C15H22F2N2O2/c1-9-5-6-12(16)11(13(9)17)7-10(8-18)19-14(20)21-15(2,3)4/h5-6,10H,7-8,18H2,1-4H3,(H,19,20). The Labute approximate surface area is 123 Å². The van der Waals surface area contributed by atoms with Crippen LogP contribution in [0.15, 0.2) is 12.1 Å². The van der Waals surface area contributed by atoms with Gasteiger partial charge in [-0.3, -0.25) is 0 Å². The van der Waals surface area contributed by atoms with Crippen LogP contribution in [0.4, 0.5) is 13.6 Å². The van der Waals surface area contributed by atoms with Gasteiger partial charge in [0.2, 0.25) is 0 Å². The molecule has 0 radical (unpaired) electrons. The van der Waals surface area contributed by atoms with E-state index in [1.165, 1.54) is 12.1 Å². The van der Waals surface area contributed by atoms with Gasteiger partial charge in [-0.15, -0.1) is 0 Å². The van der Waals surface area contributed by atoms with Crippen LogP contribution in [0.1, 0.15) is 31.9 Å². The predicted molar refractivity (Wildman–Crippen MR) is 77.0 cm³/mol. The minimum atomic E-state index is -0.661. The number of benzene rings is 1. The van der Waals surface area contributed by atoms with Crippen molar-refractivity contribution in [1.29, 1.82) is 0 Å². The van der Waals surface area contributed by atoms with Gasteiger partial charge in [-0.2, -0.15) is 0 Å². The molecule has 0 bridgehead atoms. The van der Waals surface area contributed by atoms with Crippen LogP contribution in [0.2, 0.25) is 0 Å². The third-order valence-corrected chi connectivity index (χ3v) is 2.84. The van der Waals surface area contributed by atoms with Crippen LogP contribution in [-0.4, -0.2) is 24.3 Å². The third-order valence-electron chi connectivity index (χ3n) is 2.84. The molecule has 0 aliphatic heterocycles. The highest BCUT2D eigenvalue weighted by Gasteiger charge is 2.21. The molecule has 1 amide bonds. The summed E-state index contributed by atoms with van der Waals surface area (Å²) in [5, 5.41) is 2.53. The molecule has 1 rings (SSSR count). The van der Waals surface area contributed by atoms with Crippen LogP contribution in [0.5, 0.6) is 0 Å². The average molecular weight is 300 g/mol. The molecule has 21 heavy (non-hydrogen) atoms. The van der Waals surface area contributed by atoms with Crippen molar-refractivity contribution in [3.05, 3.63) is 34.9 Å². The monoisotopic (exact) mass is 300 g/mol. The first-order chi connectivity index (χ1) is 9.64. The molecule has 3 N–H and O–H groups in total. The van der Waals surface area contributed by atoms with E-state index in [9.17, 15) is 13.6 Å².